The molecule has 0 bridgehead atoms. The van der Waals surface area contributed by atoms with Crippen LogP contribution in [0.2, 0.25) is 0 Å². The topological polar surface area (TPSA) is 58.6 Å². The van der Waals surface area contributed by atoms with E-state index in [1.807, 2.05) is 6.92 Å². The van der Waals surface area contributed by atoms with Crippen LogP contribution in [0.25, 0.3) is 0 Å². The van der Waals surface area contributed by atoms with Crippen LogP contribution in [-0.2, 0) is 11.4 Å². The van der Waals surface area contributed by atoms with Gasteiger partial charge in [-0.05, 0) is 37.5 Å². The summed E-state index contributed by atoms with van der Waals surface area (Å²) in [5, 5.41) is 12.0. The zero-order chi connectivity index (χ0) is 14.4. The summed E-state index contributed by atoms with van der Waals surface area (Å²) in [6.45, 7) is 7.76. The maximum Gasteiger partial charge on any atom is 0.260 e. The van der Waals surface area contributed by atoms with Gasteiger partial charge in [0, 0.05) is 6.04 Å². The highest BCUT2D eigenvalue weighted by Crippen LogP contribution is 2.15. The first-order valence-corrected chi connectivity index (χ1v) is 6.61. The predicted octanol–water partition coefficient (Wildman–Crippen LogP) is 2.11. The second kappa shape index (κ2) is 7.14. The summed E-state index contributed by atoms with van der Waals surface area (Å²) < 4.78 is 5.58. The number of carbonyl (C=O) groups excluding carboxylic acids is 1. The number of aliphatic hydroxyl groups excluding tert-OH is 1. The van der Waals surface area contributed by atoms with Gasteiger partial charge in [0.25, 0.3) is 5.91 Å². The van der Waals surface area contributed by atoms with E-state index in [1.54, 1.807) is 31.2 Å². The summed E-state index contributed by atoms with van der Waals surface area (Å²) >= 11 is 0. The molecule has 2 unspecified atom stereocenters. The molecule has 19 heavy (non-hydrogen) atoms. The molecule has 0 aliphatic carbocycles. The fourth-order valence-corrected chi connectivity index (χ4v) is 1.48. The normalized spacial score (nSPS) is 14.0. The highest BCUT2D eigenvalue weighted by Gasteiger charge is 2.18. The fourth-order valence-electron chi connectivity index (χ4n) is 1.48. The maximum atomic E-state index is 11.9. The van der Waals surface area contributed by atoms with E-state index in [4.69, 9.17) is 9.84 Å². The first-order valence-electron chi connectivity index (χ1n) is 6.61. The van der Waals surface area contributed by atoms with Crippen molar-refractivity contribution < 1.29 is 14.6 Å². The second-order valence-electron chi connectivity index (χ2n) is 5.11. The number of rotatable bonds is 6. The summed E-state index contributed by atoms with van der Waals surface area (Å²) in [6, 6.07) is 7.22. The van der Waals surface area contributed by atoms with E-state index in [0.29, 0.717) is 11.7 Å². The quantitative estimate of drug-likeness (QED) is 0.828. The molecule has 0 aromatic heterocycles. The van der Waals surface area contributed by atoms with E-state index in [1.165, 1.54) is 0 Å². The van der Waals surface area contributed by atoms with Crippen molar-refractivity contribution in [3.05, 3.63) is 29.8 Å². The van der Waals surface area contributed by atoms with Crippen LogP contribution in [0.1, 0.15) is 33.3 Å². The van der Waals surface area contributed by atoms with Crippen molar-refractivity contribution in [1.29, 1.82) is 0 Å². The number of hydrogen-bond acceptors (Lipinski definition) is 3. The van der Waals surface area contributed by atoms with E-state index >= 15 is 0 Å². The Kier molecular flexibility index (Phi) is 5.83. The average Bonchev–Trinajstić information content (AvgIpc) is 2.38. The van der Waals surface area contributed by atoms with Gasteiger partial charge in [-0.3, -0.25) is 4.79 Å². The zero-order valence-corrected chi connectivity index (χ0v) is 12.0. The van der Waals surface area contributed by atoms with E-state index in [0.717, 1.165) is 5.56 Å². The Bertz CT molecular complexity index is 418. The Labute approximate surface area is 114 Å². The van der Waals surface area contributed by atoms with Crippen LogP contribution in [0, 0.1) is 5.92 Å². The van der Waals surface area contributed by atoms with Gasteiger partial charge in [0.05, 0.1) is 6.61 Å². The second-order valence-corrected chi connectivity index (χ2v) is 5.11. The molecular formula is C15H23NO3. The third kappa shape index (κ3) is 4.91. The lowest BCUT2D eigenvalue weighted by Crippen LogP contribution is -2.43. The minimum atomic E-state index is -0.560. The third-order valence-electron chi connectivity index (χ3n) is 3.13. The Morgan fingerprint density at radius 1 is 1.32 bits per heavy atom. The molecular weight excluding hydrogens is 242 g/mol. The van der Waals surface area contributed by atoms with E-state index in [-0.39, 0.29) is 18.6 Å². The molecule has 0 spiro atoms. The van der Waals surface area contributed by atoms with E-state index in [9.17, 15) is 4.79 Å². The molecule has 106 valence electrons. The molecule has 4 nitrogen and oxygen atoms in total. The Hall–Kier alpha value is -1.55. The van der Waals surface area contributed by atoms with Gasteiger partial charge in [-0.1, -0.05) is 26.0 Å². The van der Waals surface area contributed by atoms with Crippen LogP contribution in [0.4, 0.5) is 0 Å². The minimum Gasteiger partial charge on any atom is -0.481 e. The number of benzene rings is 1. The molecule has 1 rings (SSSR count). The summed E-state index contributed by atoms with van der Waals surface area (Å²) in [5.74, 6) is 0.843. The lowest BCUT2D eigenvalue weighted by atomic mass is 10.1. The van der Waals surface area contributed by atoms with Crippen molar-refractivity contribution >= 4 is 5.91 Å². The van der Waals surface area contributed by atoms with Gasteiger partial charge in [-0.15, -0.1) is 0 Å². The molecule has 2 N–H and O–H groups in total. The summed E-state index contributed by atoms with van der Waals surface area (Å²) in [5.41, 5.74) is 0.764. The molecule has 0 aliphatic heterocycles. The van der Waals surface area contributed by atoms with Gasteiger partial charge in [0.15, 0.2) is 6.10 Å². The fraction of sp³-hybridized carbons (Fsp3) is 0.533. The Morgan fingerprint density at radius 3 is 2.58 bits per heavy atom. The first kappa shape index (κ1) is 15.5. The predicted molar refractivity (Wildman–Crippen MR) is 74.9 cm³/mol. The average molecular weight is 265 g/mol. The molecule has 0 aliphatic rings. The summed E-state index contributed by atoms with van der Waals surface area (Å²) in [4.78, 5) is 11.9. The van der Waals surface area contributed by atoms with Crippen LogP contribution in [0.3, 0.4) is 0 Å². The standard InChI is InChI=1S/C15H23NO3/c1-10(2)11(3)16-15(18)12(4)19-14-7-5-6-13(8-14)9-17/h5-8,10-12,17H,9H2,1-4H3,(H,16,18). The van der Waals surface area contributed by atoms with Crippen molar-refractivity contribution in [2.45, 2.75) is 46.4 Å². The monoisotopic (exact) mass is 265 g/mol. The lowest BCUT2D eigenvalue weighted by molar-refractivity contribution is -0.128. The number of aliphatic hydroxyl groups is 1. The SMILES string of the molecule is CC(Oc1cccc(CO)c1)C(=O)NC(C)C(C)C. The number of carbonyl (C=O) groups is 1. The number of ether oxygens (including phenoxy) is 1. The van der Waals surface area contributed by atoms with Crippen molar-refractivity contribution in [3.63, 3.8) is 0 Å². The van der Waals surface area contributed by atoms with E-state index < -0.39 is 6.10 Å². The zero-order valence-electron chi connectivity index (χ0n) is 12.0. The minimum absolute atomic E-state index is 0.0395. The lowest BCUT2D eigenvalue weighted by Gasteiger charge is -2.21. The van der Waals surface area contributed by atoms with Crippen molar-refractivity contribution in [2.75, 3.05) is 0 Å². The summed E-state index contributed by atoms with van der Waals surface area (Å²) in [6.07, 6.45) is -0.560. The molecule has 2 atom stereocenters. The van der Waals surface area contributed by atoms with Gasteiger partial charge in [-0.25, -0.2) is 0 Å². The van der Waals surface area contributed by atoms with Gasteiger partial charge >= 0.3 is 0 Å². The molecule has 0 radical (unpaired) electrons. The van der Waals surface area contributed by atoms with E-state index in [2.05, 4.69) is 19.2 Å². The van der Waals surface area contributed by atoms with Crippen molar-refractivity contribution in [3.8, 4) is 5.75 Å². The molecule has 0 fully saturated rings. The molecule has 1 aromatic rings. The largest absolute Gasteiger partial charge is 0.481 e. The molecule has 1 amide bonds. The van der Waals surface area contributed by atoms with Crippen LogP contribution >= 0.6 is 0 Å². The maximum absolute atomic E-state index is 11.9. The summed E-state index contributed by atoms with van der Waals surface area (Å²) in [7, 11) is 0. The smallest absolute Gasteiger partial charge is 0.260 e. The first-order chi connectivity index (χ1) is 8.93. The van der Waals surface area contributed by atoms with Crippen LogP contribution < -0.4 is 10.1 Å². The highest BCUT2D eigenvalue weighted by atomic mass is 16.5. The van der Waals surface area contributed by atoms with Crippen molar-refractivity contribution in [2.24, 2.45) is 5.92 Å². The number of hydrogen-bond donors (Lipinski definition) is 2. The molecule has 0 saturated carbocycles. The van der Waals surface area contributed by atoms with Crippen molar-refractivity contribution in [1.82, 2.24) is 5.32 Å². The van der Waals surface area contributed by atoms with Gasteiger partial charge in [-0.2, -0.15) is 0 Å². The number of amides is 1. The molecule has 0 saturated heterocycles. The molecule has 4 heteroatoms. The van der Waals surface area contributed by atoms with Crippen LogP contribution in [0.15, 0.2) is 24.3 Å². The van der Waals surface area contributed by atoms with Gasteiger partial charge < -0.3 is 15.2 Å². The molecule has 0 heterocycles. The van der Waals surface area contributed by atoms with Crippen LogP contribution in [-0.4, -0.2) is 23.2 Å². The van der Waals surface area contributed by atoms with Gasteiger partial charge in [0.1, 0.15) is 5.75 Å². The van der Waals surface area contributed by atoms with Gasteiger partial charge in [0.2, 0.25) is 0 Å². The highest BCUT2D eigenvalue weighted by molar-refractivity contribution is 5.81. The Morgan fingerprint density at radius 2 is 2.00 bits per heavy atom. The third-order valence-corrected chi connectivity index (χ3v) is 3.13. The number of nitrogens with one attached hydrogen (secondary N) is 1. The van der Waals surface area contributed by atoms with Crippen LogP contribution in [0.5, 0.6) is 5.75 Å². The Balaban J connectivity index is 2.58. The molecule has 1 aromatic carbocycles.